The number of hydrogen-bond donors (Lipinski definition) is 2. The van der Waals surface area contributed by atoms with Gasteiger partial charge in [-0.15, -0.1) is 10.2 Å². The number of benzene rings is 2. The third kappa shape index (κ3) is 4.65. The Morgan fingerprint density at radius 1 is 1.08 bits per heavy atom. The summed E-state index contributed by atoms with van der Waals surface area (Å²) in [7, 11) is 2.32. The fourth-order valence-corrected chi connectivity index (χ4v) is 4.11. The van der Waals surface area contributed by atoms with Crippen molar-refractivity contribution < 1.29 is 29.0 Å². The van der Waals surface area contributed by atoms with Gasteiger partial charge in [0.1, 0.15) is 11.5 Å². The Balaban J connectivity index is 1.95. The number of ether oxygens (including phenoxy) is 2. The Morgan fingerprint density at radius 2 is 1.79 bits per heavy atom. The molecular formula is C25H21N7O6. The van der Waals surface area contributed by atoms with Crippen LogP contribution >= 0.6 is 0 Å². The number of aliphatic carboxylic acids is 1. The van der Waals surface area contributed by atoms with Crippen molar-refractivity contribution >= 4 is 23.6 Å². The van der Waals surface area contributed by atoms with Crippen LogP contribution < -0.4 is 10.6 Å². The highest BCUT2D eigenvalue weighted by molar-refractivity contribution is 6.06. The van der Waals surface area contributed by atoms with Gasteiger partial charge in [-0.2, -0.15) is 10.1 Å². The normalized spacial score (nSPS) is 15.2. The van der Waals surface area contributed by atoms with Gasteiger partial charge in [-0.25, -0.2) is 9.59 Å². The van der Waals surface area contributed by atoms with Crippen molar-refractivity contribution in [1.29, 1.82) is 5.26 Å². The summed E-state index contributed by atoms with van der Waals surface area (Å²) >= 11 is 0. The minimum Gasteiger partial charge on any atom is -0.480 e. The molecular weight excluding hydrogens is 494 g/mol. The summed E-state index contributed by atoms with van der Waals surface area (Å²) in [6.45, 7) is -0.487. The number of hydrogen-bond acceptors (Lipinski definition) is 11. The molecule has 1 aliphatic rings. The molecule has 1 aromatic heterocycles. The largest absolute Gasteiger partial charge is 0.480 e. The Labute approximate surface area is 216 Å². The van der Waals surface area contributed by atoms with Crippen LogP contribution in [0.5, 0.6) is 0 Å². The van der Waals surface area contributed by atoms with E-state index in [1.54, 1.807) is 54.6 Å². The number of esters is 2. The molecule has 0 aliphatic carbocycles. The highest BCUT2D eigenvalue weighted by Gasteiger charge is 2.43. The summed E-state index contributed by atoms with van der Waals surface area (Å²) in [4.78, 5) is 39.4. The highest BCUT2D eigenvalue weighted by Crippen LogP contribution is 2.43. The highest BCUT2D eigenvalue weighted by atomic mass is 16.5. The summed E-state index contributed by atoms with van der Waals surface area (Å²) < 4.78 is 10.0. The minimum absolute atomic E-state index is 0.0141. The number of carbonyl (C=O) groups excluding carboxylic acids is 2. The van der Waals surface area contributed by atoms with E-state index < -0.39 is 30.4 Å². The number of tetrazole rings is 1. The summed E-state index contributed by atoms with van der Waals surface area (Å²) in [5, 5.41) is 30.8. The van der Waals surface area contributed by atoms with Gasteiger partial charge in [-0.05, 0) is 22.9 Å². The van der Waals surface area contributed by atoms with Crippen LogP contribution in [-0.4, -0.2) is 57.4 Å². The van der Waals surface area contributed by atoms with E-state index in [2.05, 4.69) is 21.5 Å². The van der Waals surface area contributed by atoms with Gasteiger partial charge in [-0.3, -0.25) is 9.69 Å². The molecule has 0 radical (unpaired) electrons. The Bertz CT molecular complexity index is 1520. The van der Waals surface area contributed by atoms with Crippen LogP contribution in [0.1, 0.15) is 11.5 Å². The van der Waals surface area contributed by atoms with Gasteiger partial charge >= 0.3 is 17.9 Å². The zero-order valence-electron chi connectivity index (χ0n) is 20.2. The summed E-state index contributed by atoms with van der Waals surface area (Å²) in [5.41, 5.74) is 7.37. The van der Waals surface area contributed by atoms with E-state index >= 15 is 0 Å². The monoisotopic (exact) mass is 515 g/mol. The van der Waals surface area contributed by atoms with Gasteiger partial charge in [0, 0.05) is 11.3 Å². The van der Waals surface area contributed by atoms with E-state index in [0.29, 0.717) is 11.1 Å². The van der Waals surface area contributed by atoms with Crippen LogP contribution in [0, 0.1) is 11.3 Å². The lowest BCUT2D eigenvalue weighted by atomic mass is 9.81. The first-order valence-electron chi connectivity index (χ1n) is 11.1. The molecule has 0 saturated heterocycles. The van der Waals surface area contributed by atoms with Gasteiger partial charge in [-0.1, -0.05) is 42.5 Å². The van der Waals surface area contributed by atoms with Gasteiger partial charge in [0.05, 0.1) is 37.4 Å². The predicted octanol–water partition coefficient (Wildman–Crippen LogP) is 1.32. The van der Waals surface area contributed by atoms with Gasteiger partial charge in [0.2, 0.25) is 5.82 Å². The second-order valence-corrected chi connectivity index (χ2v) is 7.92. The summed E-state index contributed by atoms with van der Waals surface area (Å²) in [6.07, 6.45) is 0. The van der Waals surface area contributed by atoms with Crippen LogP contribution in [0.4, 0.5) is 5.69 Å². The standard InChI is InChI=1S/C25H21N7O6/c1-37-24(35)20-19(14-7-4-3-5-8-14)17(12-26)22(27)32(21(20)25(36)38-2)16-10-6-9-15(11-16)23-28-30-31(29-23)13-18(33)34/h3-11,19H,13,27H2,1-2H3,(H,33,34). The number of carbonyl (C=O) groups is 3. The zero-order valence-corrected chi connectivity index (χ0v) is 20.2. The minimum atomic E-state index is -1.14. The summed E-state index contributed by atoms with van der Waals surface area (Å²) in [6, 6.07) is 17.1. The van der Waals surface area contributed by atoms with E-state index in [1.165, 1.54) is 4.90 Å². The molecule has 0 bridgehead atoms. The maximum Gasteiger partial charge on any atom is 0.355 e. The number of rotatable bonds is 7. The molecule has 13 heteroatoms. The maximum atomic E-state index is 13.2. The molecule has 0 spiro atoms. The predicted molar refractivity (Wildman–Crippen MR) is 130 cm³/mol. The second-order valence-electron chi connectivity index (χ2n) is 7.92. The molecule has 1 unspecified atom stereocenters. The van der Waals surface area contributed by atoms with Crippen molar-refractivity contribution in [1.82, 2.24) is 20.2 Å². The third-order valence-corrected chi connectivity index (χ3v) is 5.70. The Morgan fingerprint density at radius 3 is 2.42 bits per heavy atom. The number of carboxylic acid groups (broad SMARTS) is 1. The Hall–Kier alpha value is -5.51. The SMILES string of the molecule is COC(=O)C1=C(C(=O)OC)N(c2cccc(-c3nnn(CC(=O)O)n3)c2)C(N)=C(C#N)C1c1ccccc1. The molecule has 4 rings (SSSR count). The van der Waals surface area contributed by atoms with Crippen molar-refractivity contribution in [2.24, 2.45) is 5.73 Å². The Kier molecular flexibility index (Phi) is 7.15. The molecule has 3 N–H and O–H groups in total. The molecule has 1 aliphatic heterocycles. The number of aromatic nitrogens is 4. The number of nitrogens with zero attached hydrogens (tertiary/aromatic N) is 6. The van der Waals surface area contributed by atoms with Crippen LogP contribution in [0.25, 0.3) is 11.4 Å². The molecule has 3 aromatic rings. The lowest BCUT2D eigenvalue weighted by Crippen LogP contribution is -2.40. The van der Waals surface area contributed by atoms with E-state index in [0.717, 1.165) is 19.0 Å². The lowest BCUT2D eigenvalue weighted by Gasteiger charge is -2.36. The zero-order chi connectivity index (χ0) is 27.4. The van der Waals surface area contributed by atoms with Crippen LogP contribution in [0.2, 0.25) is 0 Å². The number of carboxylic acids is 1. The van der Waals surface area contributed by atoms with E-state index in [1.807, 2.05) is 0 Å². The van der Waals surface area contributed by atoms with Crippen molar-refractivity contribution in [3.05, 3.63) is 82.8 Å². The molecule has 192 valence electrons. The molecule has 0 amide bonds. The topological polar surface area (TPSA) is 187 Å². The smallest absolute Gasteiger partial charge is 0.355 e. The molecule has 13 nitrogen and oxygen atoms in total. The van der Waals surface area contributed by atoms with E-state index in [9.17, 15) is 19.6 Å². The first kappa shape index (κ1) is 25.6. The average Bonchev–Trinajstić information content (AvgIpc) is 3.39. The molecule has 2 aromatic carbocycles. The van der Waals surface area contributed by atoms with Gasteiger partial charge in [0.15, 0.2) is 6.54 Å². The molecule has 2 heterocycles. The number of anilines is 1. The van der Waals surface area contributed by atoms with Gasteiger partial charge in [0.25, 0.3) is 0 Å². The van der Waals surface area contributed by atoms with Crippen molar-refractivity contribution in [2.45, 2.75) is 12.5 Å². The third-order valence-electron chi connectivity index (χ3n) is 5.70. The van der Waals surface area contributed by atoms with Crippen LogP contribution in [0.3, 0.4) is 0 Å². The molecule has 38 heavy (non-hydrogen) atoms. The van der Waals surface area contributed by atoms with Crippen LogP contribution in [0.15, 0.2) is 77.3 Å². The fourth-order valence-electron chi connectivity index (χ4n) is 4.11. The lowest BCUT2D eigenvalue weighted by molar-refractivity contribution is -0.139. The van der Waals surface area contributed by atoms with E-state index in [-0.39, 0.29) is 34.2 Å². The first-order chi connectivity index (χ1) is 18.3. The van der Waals surface area contributed by atoms with E-state index in [4.69, 9.17) is 20.3 Å². The van der Waals surface area contributed by atoms with Crippen molar-refractivity contribution in [2.75, 3.05) is 19.1 Å². The number of allylic oxidation sites excluding steroid dienone is 1. The van der Waals surface area contributed by atoms with Crippen molar-refractivity contribution in [3.8, 4) is 17.5 Å². The fraction of sp³-hybridized carbons (Fsp3) is 0.160. The second kappa shape index (κ2) is 10.6. The van der Waals surface area contributed by atoms with Gasteiger partial charge < -0.3 is 20.3 Å². The maximum absolute atomic E-state index is 13.2. The first-order valence-corrected chi connectivity index (χ1v) is 11.1. The quantitative estimate of drug-likeness (QED) is 0.430. The number of methoxy groups -OCH3 is 2. The number of nitrogens with two attached hydrogens (primary N) is 1. The number of nitriles is 1. The molecule has 0 saturated carbocycles. The average molecular weight is 515 g/mol. The molecule has 1 atom stereocenters. The van der Waals surface area contributed by atoms with Crippen molar-refractivity contribution in [3.63, 3.8) is 0 Å². The van der Waals surface area contributed by atoms with Crippen LogP contribution in [-0.2, 0) is 30.4 Å². The summed E-state index contributed by atoms with van der Waals surface area (Å²) in [5.74, 6) is -3.88. The molecule has 0 fully saturated rings.